The number of nitrogens with one attached hydrogen (secondary N) is 1. The summed E-state index contributed by atoms with van der Waals surface area (Å²) in [5.74, 6) is 0. The van der Waals surface area contributed by atoms with Crippen LogP contribution in [-0.4, -0.2) is 0 Å². The lowest BCUT2D eigenvalue weighted by atomic mass is 9.81. The minimum Gasteiger partial charge on any atom is -0.355 e. The maximum Gasteiger partial charge on any atom is 0.0464 e. The standard InChI is InChI=1S/C55H39NS/c1-55(2)50-32-38(42-20-12-16-36-15-6-7-17-41(36)42)24-28-44(50)45-30-26-40(34-51(45)55)56-52-21-10-8-18-46(52)43-27-23-37(35-13-4-3-5-14-35)31-49(43)39-25-29-48-47-19-9-11-22-53(47)57-54(48)33-39/h3-34,56H,1-2H3. The van der Waals surface area contributed by atoms with Crippen LogP contribution < -0.4 is 5.32 Å². The molecular weight excluding hydrogens is 707 g/mol. The smallest absolute Gasteiger partial charge is 0.0464 e. The predicted octanol–water partition coefficient (Wildman–Crippen LogP) is 15.9. The molecule has 1 heterocycles. The van der Waals surface area contributed by atoms with Crippen LogP contribution in [0.25, 0.3) is 86.6 Å². The number of thiophene rings is 1. The van der Waals surface area contributed by atoms with Crippen molar-refractivity contribution < 1.29 is 0 Å². The molecule has 11 rings (SSSR count). The van der Waals surface area contributed by atoms with Crippen LogP contribution in [0, 0.1) is 0 Å². The lowest BCUT2D eigenvalue weighted by Gasteiger charge is -2.23. The Morgan fingerprint density at radius 2 is 1.00 bits per heavy atom. The van der Waals surface area contributed by atoms with E-state index in [1.807, 2.05) is 11.3 Å². The van der Waals surface area contributed by atoms with Crippen LogP contribution in [0.3, 0.4) is 0 Å². The van der Waals surface area contributed by atoms with Crippen molar-refractivity contribution in [3.05, 3.63) is 205 Å². The summed E-state index contributed by atoms with van der Waals surface area (Å²) in [6.45, 7) is 4.74. The van der Waals surface area contributed by atoms with Gasteiger partial charge >= 0.3 is 0 Å². The Bertz CT molecular complexity index is 3180. The van der Waals surface area contributed by atoms with Crippen molar-refractivity contribution in [2.24, 2.45) is 0 Å². The second kappa shape index (κ2) is 13.2. The van der Waals surface area contributed by atoms with Crippen LogP contribution in [0.5, 0.6) is 0 Å². The Labute approximate surface area is 337 Å². The van der Waals surface area contributed by atoms with E-state index >= 15 is 0 Å². The van der Waals surface area contributed by atoms with Gasteiger partial charge in [-0.1, -0.05) is 166 Å². The van der Waals surface area contributed by atoms with E-state index in [1.165, 1.54) is 97.7 Å². The van der Waals surface area contributed by atoms with E-state index in [0.29, 0.717) is 0 Å². The highest BCUT2D eigenvalue weighted by Gasteiger charge is 2.36. The summed E-state index contributed by atoms with van der Waals surface area (Å²) < 4.78 is 2.63. The molecule has 57 heavy (non-hydrogen) atoms. The van der Waals surface area contributed by atoms with Gasteiger partial charge in [-0.05, 0) is 114 Å². The molecule has 270 valence electrons. The van der Waals surface area contributed by atoms with Gasteiger partial charge in [0, 0.05) is 42.5 Å². The molecule has 0 atom stereocenters. The van der Waals surface area contributed by atoms with E-state index in [-0.39, 0.29) is 5.41 Å². The highest BCUT2D eigenvalue weighted by Crippen LogP contribution is 2.51. The normalized spacial score (nSPS) is 12.9. The number of hydrogen-bond donors (Lipinski definition) is 1. The van der Waals surface area contributed by atoms with Crippen LogP contribution in [0.4, 0.5) is 11.4 Å². The van der Waals surface area contributed by atoms with Crippen molar-refractivity contribution in [2.45, 2.75) is 19.3 Å². The largest absolute Gasteiger partial charge is 0.355 e. The molecule has 10 aromatic rings. The van der Waals surface area contributed by atoms with Crippen molar-refractivity contribution in [1.29, 1.82) is 0 Å². The molecule has 0 fully saturated rings. The Morgan fingerprint density at radius 1 is 0.368 bits per heavy atom. The minimum atomic E-state index is -0.159. The SMILES string of the molecule is CC1(C)c2cc(Nc3ccccc3-c3ccc(-c4ccccc4)cc3-c3ccc4c(c3)sc3ccccc34)ccc2-c2ccc(-c3cccc4ccccc34)cc21. The van der Waals surface area contributed by atoms with Crippen molar-refractivity contribution in [3.63, 3.8) is 0 Å². The van der Waals surface area contributed by atoms with Gasteiger partial charge in [-0.3, -0.25) is 0 Å². The molecule has 0 radical (unpaired) electrons. The third-order valence-electron chi connectivity index (χ3n) is 12.1. The topological polar surface area (TPSA) is 12.0 Å². The number of fused-ring (bicyclic) bond motifs is 7. The molecule has 9 aromatic carbocycles. The third-order valence-corrected chi connectivity index (χ3v) is 13.2. The molecule has 0 amide bonds. The van der Waals surface area contributed by atoms with Crippen molar-refractivity contribution in [3.8, 4) is 55.6 Å². The van der Waals surface area contributed by atoms with Crippen LogP contribution in [0.1, 0.15) is 25.0 Å². The maximum atomic E-state index is 3.90. The molecule has 1 nitrogen and oxygen atoms in total. The van der Waals surface area contributed by atoms with Crippen molar-refractivity contribution in [1.82, 2.24) is 0 Å². The lowest BCUT2D eigenvalue weighted by molar-refractivity contribution is 0.661. The first kappa shape index (κ1) is 33.6. The minimum absolute atomic E-state index is 0.159. The van der Waals surface area contributed by atoms with Crippen LogP contribution in [0.15, 0.2) is 194 Å². The van der Waals surface area contributed by atoms with Gasteiger partial charge in [0.2, 0.25) is 0 Å². The van der Waals surface area contributed by atoms with Gasteiger partial charge in [0.1, 0.15) is 0 Å². The molecule has 0 aliphatic heterocycles. The first-order valence-electron chi connectivity index (χ1n) is 19.7. The van der Waals surface area contributed by atoms with Gasteiger partial charge < -0.3 is 5.32 Å². The summed E-state index contributed by atoms with van der Waals surface area (Å²) in [4.78, 5) is 0. The number of anilines is 2. The fraction of sp³-hybridized carbons (Fsp3) is 0.0545. The van der Waals surface area contributed by atoms with E-state index in [4.69, 9.17) is 0 Å². The van der Waals surface area contributed by atoms with Crippen LogP contribution >= 0.6 is 11.3 Å². The summed E-state index contributed by atoms with van der Waals surface area (Å²) in [5.41, 5.74) is 17.2. The van der Waals surface area contributed by atoms with Gasteiger partial charge in [-0.2, -0.15) is 0 Å². The summed E-state index contributed by atoms with van der Waals surface area (Å²) in [7, 11) is 0. The average Bonchev–Trinajstić information content (AvgIpc) is 3.74. The molecule has 2 heteroatoms. The first-order chi connectivity index (χ1) is 28.0. The zero-order valence-corrected chi connectivity index (χ0v) is 32.7. The summed E-state index contributed by atoms with van der Waals surface area (Å²) in [6.07, 6.45) is 0. The van der Waals surface area contributed by atoms with Gasteiger partial charge in [0.05, 0.1) is 0 Å². The number of rotatable bonds is 6. The molecule has 1 aliphatic carbocycles. The fourth-order valence-corrected chi connectivity index (χ4v) is 10.3. The highest BCUT2D eigenvalue weighted by atomic mass is 32.1. The predicted molar refractivity (Wildman–Crippen MR) is 246 cm³/mol. The molecule has 0 spiro atoms. The molecular formula is C55H39NS. The zero-order chi connectivity index (χ0) is 38.1. The quantitative estimate of drug-likeness (QED) is 0.179. The van der Waals surface area contributed by atoms with E-state index < -0.39 is 0 Å². The van der Waals surface area contributed by atoms with Gasteiger partial charge in [-0.15, -0.1) is 11.3 Å². The Hall–Kier alpha value is -6.74. The summed E-state index contributed by atoms with van der Waals surface area (Å²) in [5, 5.41) is 9.09. The highest BCUT2D eigenvalue weighted by molar-refractivity contribution is 7.25. The number of hydrogen-bond acceptors (Lipinski definition) is 2. The Morgan fingerprint density at radius 3 is 1.89 bits per heavy atom. The maximum absolute atomic E-state index is 3.90. The molecule has 0 saturated carbocycles. The van der Waals surface area contributed by atoms with E-state index in [1.54, 1.807) is 0 Å². The van der Waals surface area contributed by atoms with E-state index in [2.05, 4.69) is 213 Å². The summed E-state index contributed by atoms with van der Waals surface area (Å²) in [6, 6.07) is 71.4. The first-order valence-corrected chi connectivity index (χ1v) is 20.6. The van der Waals surface area contributed by atoms with Crippen molar-refractivity contribution in [2.75, 3.05) is 5.32 Å². The Balaban J connectivity index is 0.984. The molecule has 0 saturated heterocycles. The molecule has 1 aromatic heterocycles. The summed E-state index contributed by atoms with van der Waals surface area (Å²) >= 11 is 1.87. The second-order valence-electron chi connectivity index (χ2n) is 15.8. The molecule has 0 bridgehead atoms. The lowest BCUT2D eigenvalue weighted by Crippen LogP contribution is -2.15. The average molecular weight is 746 g/mol. The number of para-hydroxylation sites is 1. The van der Waals surface area contributed by atoms with Gasteiger partial charge in [0.25, 0.3) is 0 Å². The van der Waals surface area contributed by atoms with Gasteiger partial charge in [0.15, 0.2) is 0 Å². The van der Waals surface area contributed by atoms with Crippen molar-refractivity contribution >= 4 is 53.7 Å². The monoisotopic (exact) mass is 745 g/mol. The third kappa shape index (κ3) is 5.59. The number of benzene rings is 9. The molecule has 1 N–H and O–H groups in total. The van der Waals surface area contributed by atoms with Crippen LogP contribution in [0.2, 0.25) is 0 Å². The Kier molecular flexibility index (Phi) is 7.77. The van der Waals surface area contributed by atoms with E-state index in [0.717, 1.165) is 11.4 Å². The zero-order valence-electron chi connectivity index (χ0n) is 31.9. The molecule has 0 unspecified atom stereocenters. The fourth-order valence-electron chi connectivity index (χ4n) is 9.16. The van der Waals surface area contributed by atoms with Gasteiger partial charge in [-0.25, -0.2) is 0 Å². The second-order valence-corrected chi connectivity index (χ2v) is 16.9. The van der Waals surface area contributed by atoms with E-state index in [9.17, 15) is 0 Å². The molecule has 1 aliphatic rings. The van der Waals surface area contributed by atoms with Crippen LogP contribution in [-0.2, 0) is 5.41 Å².